The highest BCUT2D eigenvalue weighted by Crippen LogP contribution is 2.26. The minimum atomic E-state index is -0.607. The van der Waals surface area contributed by atoms with E-state index in [2.05, 4.69) is 6.58 Å². The summed E-state index contributed by atoms with van der Waals surface area (Å²) in [7, 11) is 0. The van der Waals surface area contributed by atoms with E-state index in [1.54, 1.807) is 12.2 Å². The number of carbonyl (C=O) groups excluding carboxylic acids is 1. The van der Waals surface area contributed by atoms with E-state index in [9.17, 15) is 4.79 Å². The van der Waals surface area contributed by atoms with Crippen molar-refractivity contribution in [1.82, 2.24) is 0 Å². The first-order valence-corrected chi connectivity index (χ1v) is 5.68. The molecule has 1 aromatic rings. The first kappa shape index (κ1) is 13.2. The molecule has 0 spiro atoms. The van der Waals surface area contributed by atoms with Crippen molar-refractivity contribution in [3.8, 4) is 0 Å². The highest BCUT2D eigenvalue weighted by atomic mass is 16.1. The summed E-state index contributed by atoms with van der Waals surface area (Å²) in [6, 6.07) is 9.34. The normalized spacial score (nSPS) is 14.9. The molecule has 0 saturated carbocycles. The molecule has 0 fully saturated rings. The second-order valence-corrected chi connectivity index (χ2v) is 4.07. The zero-order chi connectivity index (χ0) is 12.7. The van der Waals surface area contributed by atoms with Gasteiger partial charge in [0.1, 0.15) is 0 Å². The fraction of sp³-hybridized carbons (Fsp3) is 0.188. The van der Waals surface area contributed by atoms with Gasteiger partial charge >= 0.3 is 0 Å². The molecule has 17 heavy (non-hydrogen) atoms. The summed E-state index contributed by atoms with van der Waals surface area (Å²) in [6.07, 6.45) is 9.16. The van der Waals surface area contributed by atoms with Gasteiger partial charge < -0.3 is 0 Å². The van der Waals surface area contributed by atoms with E-state index >= 15 is 0 Å². The maximum absolute atomic E-state index is 12.4. The molecule has 0 bridgehead atoms. The Labute approximate surface area is 103 Å². The fourth-order valence-electron chi connectivity index (χ4n) is 1.72. The molecular weight excluding hydrogens is 208 g/mol. The molecule has 1 unspecified atom stereocenters. The van der Waals surface area contributed by atoms with Crippen molar-refractivity contribution in [2.75, 3.05) is 0 Å². The maximum Gasteiger partial charge on any atom is 0.176 e. The zero-order valence-electron chi connectivity index (χ0n) is 10.4. The quantitative estimate of drug-likeness (QED) is 0.418. The van der Waals surface area contributed by atoms with Crippen LogP contribution in [0.3, 0.4) is 0 Å². The standard InChI is InChI=1S/C16H18O/c1-4-6-13-16(3,12-5-2)15(17)14-10-8-7-9-11-14/h4-13H,1H2,2-3H3/b12-5-,13-6-. The van der Waals surface area contributed by atoms with Crippen molar-refractivity contribution in [2.45, 2.75) is 13.8 Å². The Kier molecular flexibility index (Phi) is 4.65. The molecule has 0 amide bonds. The minimum Gasteiger partial charge on any atom is -0.293 e. The van der Waals surface area contributed by atoms with Gasteiger partial charge in [0.05, 0.1) is 5.41 Å². The van der Waals surface area contributed by atoms with Gasteiger partial charge in [0.2, 0.25) is 0 Å². The molecular formula is C16H18O. The van der Waals surface area contributed by atoms with Crippen LogP contribution in [0, 0.1) is 5.41 Å². The lowest BCUT2D eigenvalue weighted by molar-refractivity contribution is 0.0908. The molecule has 0 heterocycles. The first-order chi connectivity index (χ1) is 8.14. The SMILES string of the molecule is C=C/C=C\C(C)(/C=C\C)C(=O)c1ccccc1. The van der Waals surface area contributed by atoms with Gasteiger partial charge in [-0.25, -0.2) is 0 Å². The molecule has 0 aromatic heterocycles. The van der Waals surface area contributed by atoms with Crippen LogP contribution in [-0.4, -0.2) is 5.78 Å². The summed E-state index contributed by atoms with van der Waals surface area (Å²) in [5, 5.41) is 0. The smallest absolute Gasteiger partial charge is 0.176 e. The second-order valence-electron chi connectivity index (χ2n) is 4.07. The van der Waals surface area contributed by atoms with Gasteiger partial charge in [0.15, 0.2) is 5.78 Å². The number of carbonyl (C=O) groups is 1. The van der Waals surface area contributed by atoms with E-state index < -0.39 is 5.41 Å². The molecule has 88 valence electrons. The zero-order valence-corrected chi connectivity index (χ0v) is 10.4. The van der Waals surface area contributed by atoms with Gasteiger partial charge in [-0.2, -0.15) is 0 Å². The Balaban J connectivity index is 3.12. The molecule has 0 aliphatic carbocycles. The summed E-state index contributed by atoms with van der Waals surface area (Å²) in [4.78, 5) is 12.4. The van der Waals surface area contributed by atoms with Gasteiger partial charge in [-0.1, -0.05) is 67.3 Å². The Morgan fingerprint density at radius 1 is 1.24 bits per heavy atom. The van der Waals surface area contributed by atoms with E-state index in [0.29, 0.717) is 0 Å². The molecule has 0 saturated heterocycles. The minimum absolute atomic E-state index is 0.0919. The molecule has 0 aliphatic heterocycles. The van der Waals surface area contributed by atoms with Crippen molar-refractivity contribution in [3.63, 3.8) is 0 Å². The number of benzene rings is 1. The summed E-state index contributed by atoms with van der Waals surface area (Å²) >= 11 is 0. The van der Waals surface area contributed by atoms with Crippen LogP contribution in [0.25, 0.3) is 0 Å². The van der Waals surface area contributed by atoms with Gasteiger partial charge in [-0.3, -0.25) is 4.79 Å². The Bertz CT molecular complexity index is 440. The number of hydrogen-bond acceptors (Lipinski definition) is 1. The lowest BCUT2D eigenvalue weighted by atomic mass is 9.81. The third-order valence-electron chi connectivity index (χ3n) is 2.62. The second kappa shape index (κ2) is 6.00. The van der Waals surface area contributed by atoms with Crippen LogP contribution in [-0.2, 0) is 0 Å². The third kappa shape index (κ3) is 3.28. The van der Waals surface area contributed by atoms with Gasteiger partial charge in [0.25, 0.3) is 0 Å². The number of Topliss-reactive ketones (excluding diaryl/α,β-unsaturated/α-hetero) is 1. The van der Waals surface area contributed by atoms with Crippen LogP contribution in [0.5, 0.6) is 0 Å². The molecule has 1 nitrogen and oxygen atoms in total. The van der Waals surface area contributed by atoms with Crippen LogP contribution in [0.2, 0.25) is 0 Å². The highest BCUT2D eigenvalue weighted by Gasteiger charge is 2.27. The molecule has 0 aliphatic rings. The molecule has 1 aromatic carbocycles. The van der Waals surface area contributed by atoms with Crippen molar-refractivity contribution in [3.05, 3.63) is 72.9 Å². The topological polar surface area (TPSA) is 17.1 Å². The van der Waals surface area contributed by atoms with Crippen molar-refractivity contribution < 1.29 is 4.79 Å². The van der Waals surface area contributed by atoms with E-state index in [1.807, 2.05) is 62.4 Å². The Hall–Kier alpha value is -1.89. The highest BCUT2D eigenvalue weighted by molar-refractivity contribution is 6.02. The van der Waals surface area contributed by atoms with Gasteiger partial charge in [-0.15, -0.1) is 0 Å². The van der Waals surface area contributed by atoms with E-state index in [-0.39, 0.29) is 5.78 Å². The van der Waals surface area contributed by atoms with Crippen molar-refractivity contribution >= 4 is 5.78 Å². The van der Waals surface area contributed by atoms with Crippen LogP contribution in [0.1, 0.15) is 24.2 Å². The lowest BCUT2D eigenvalue weighted by Crippen LogP contribution is -2.23. The predicted molar refractivity (Wildman–Crippen MR) is 73.0 cm³/mol. The number of rotatable bonds is 5. The van der Waals surface area contributed by atoms with Crippen LogP contribution in [0.15, 0.2) is 67.3 Å². The molecule has 0 N–H and O–H groups in total. The Morgan fingerprint density at radius 3 is 2.41 bits per heavy atom. The summed E-state index contributed by atoms with van der Waals surface area (Å²) < 4.78 is 0. The average molecular weight is 226 g/mol. The Morgan fingerprint density at radius 2 is 1.88 bits per heavy atom. The monoisotopic (exact) mass is 226 g/mol. The van der Waals surface area contributed by atoms with E-state index in [1.165, 1.54) is 0 Å². The predicted octanol–water partition coefficient (Wildman–Crippen LogP) is 4.19. The number of allylic oxidation sites excluding steroid dienone is 5. The van der Waals surface area contributed by atoms with Gasteiger partial charge in [0, 0.05) is 5.56 Å². The van der Waals surface area contributed by atoms with Crippen LogP contribution < -0.4 is 0 Å². The molecule has 1 heteroatoms. The number of ketones is 1. The van der Waals surface area contributed by atoms with Crippen molar-refractivity contribution in [2.24, 2.45) is 5.41 Å². The number of hydrogen-bond donors (Lipinski definition) is 0. The largest absolute Gasteiger partial charge is 0.293 e. The van der Waals surface area contributed by atoms with Crippen molar-refractivity contribution in [1.29, 1.82) is 0 Å². The van der Waals surface area contributed by atoms with E-state index in [4.69, 9.17) is 0 Å². The fourth-order valence-corrected chi connectivity index (χ4v) is 1.72. The van der Waals surface area contributed by atoms with Gasteiger partial charge in [-0.05, 0) is 13.8 Å². The lowest BCUT2D eigenvalue weighted by Gasteiger charge is -2.20. The molecule has 0 radical (unpaired) electrons. The maximum atomic E-state index is 12.4. The molecule has 1 rings (SSSR count). The molecule has 1 atom stereocenters. The van der Waals surface area contributed by atoms with Crippen LogP contribution >= 0.6 is 0 Å². The summed E-state index contributed by atoms with van der Waals surface area (Å²) in [5.41, 5.74) is 0.117. The van der Waals surface area contributed by atoms with Crippen LogP contribution in [0.4, 0.5) is 0 Å². The summed E-state index contributed by atoms with van der Waals surface area (Å²) in [5.74, 6) is 0.0919. The first-order valence-electron chi connectivity index (χ1n) is 5.68. The third-order valence-corrected chi connectivity index (χ3v) is 2.62. The van der Waals surface area contributed by atoms with E-state index in [0.717, 1.165) is 5.56 Å². The average Bonchev–Trinajstić information content (AvgIpc) is 2.37. The summed E-state index contributed by atoms with van der Waals surface area (Å²) in [6.45, 7) is 7.45.